The molecule has 2 fully saturated rings. The Kier molecular flexibility index (Phi) is 5.91. The van der Waals surface area contributed by atoms with Crippen molar-refractivity contribution >= 4 is 5.91 Å². The Morgan fingerprint density at radius 1 is 0.630 bits per heavy atom. The molecule has 0 radical (unpaired) electrons. The maximum absolute atomic E-state index is 13.5. The molecule has 0 aliphatic heterocycles. The fourth-order valence-electron chi connectivity index (χ4n) is 4.93. The lowest BCUT2D eigenvalue weighted by Gasteiger charge is -2.42. The fourth-order valence-corrected chi connectivity index (χ4v) is 4.93. The first-order chi connectivity index (χ1) is 13.3. The van der Waals surface area contributed by atoms with Crippen molar-refractivity contribution in [3.8, 4) is 11.1 Å². The van der Waals surface area contributed by atoms with E-state index in [9.17, 15) is 4.79 Å². The maximum Gasteiger partial charge on any atom is 0.254 e. The first-order valence-corrected chi connectivity index (χ1v) is 10.8. The maximum atomic E-state index is 13.5. The predicted molar refractivity (Wildman–Crippen MR) is 112 cm³/mol. The van der Waals surface area contributed by atoms with E-state index in [4.69, 9.17) is 0 Å². The molecule has 0 N–H and O–H groups in total. The number of carbonyl (C=O) groups excluding carboxylic acids is 1. The average Bonchev–Trinajstić information content (AvgIpc) is 2.76. The molecule has 2 aliphatic rings. The first kappa shape index (κ1) is 18.3. The van der Waals surface area contributed by atoms with E-state index in [1.54, 1.807) is 0 Å². The van der Waals surface area contributed by atoms with E-state index in [0.29, 0.717) is 12.1 Å². The summed E-state index contributed by atoms with van der Waals surface area (Å²) in [5.41, 5.74) is 3.23. The van der Waals surface area contributed by atoms with Crippen molar-refractivity contribution in [2.75, 3.05) is 0 Å². The summed E-state index contributed by atoms with van der Waals surface area (Å²) < 4.78 is 0. The van der Waals surface area contributed by atoms with Crippen molar-refractivity contribution in [2.45, 2.75) is 76.3 Å². The van der Waals surface area contributed by atoms with Crippen LogP contribution in [0.15, 0.2) is 54.6 Å². The molecule has 0 atom stereocenters. The van der Waals surface area contributed by atoms with Gasteiger partial charge in [-0.3, -0.25) is 4.79 Å². The highest BCUT2D eigenvalue weighted by Gasteiger charge is 2.32. The molecule has 0 bridgehead atoms. The topological polar surface area (TPSA) is 20.3 Å². The largest absolute Gasteiger partial charge is 0.333 e. The normalized spacial score (nSPS) is 19.0. The van der Waals surface area contributed by atoms with Gasteiger partial charge in [-0.1, -0.05) is 81.0 Å². The second kappa shape index (κ2) is 8.73. The molecule has 2 aromatic carbocycles. The Labute approximate surface area is 163 Å². The van der Waals surface area contributed by atoms with Crippen LogP contribution in [-0.4, -0.2) is 22.9 Å². The number of amides is 1. The van der Waals surface area contributed by atoms with Gasteiger partial charge in [0.2, 0.25) is 0 Å². The van der Waals surface area contributed by atoms with Gasteiger partial charge in [-0.25, -0.2) is 0 Å². The molecule has 0 unspecified atom stereocenters. The second-order valence-corrected chi connectivity index (χ2v) is 8.24. The number of rotatable bonds is 4. The number of hydrogen-bond acceptors (Lipinski definition) is 1. The number of carbonyl (C=O) groups is 1. The molecule has 2 nitrogen and oxygen atoms in total. The van der Waals surface area contributed by atoms with Crippen LogP contribution >= 0.6 is 0 Å². The highest BCUT2D eigenvalue weighted by molar-refractivity contribution is 5.95. The van der Waals surface area contributed by atoms with Gasteiger partial charge in [-0.05, 0) is 48.9 Å². The molecule has 2 aliphatic carbocycles. The molecule has 0 heterocycles. The summed E-state index contributed by atoms with van der Waals surface area (Å²) in [5, 5.41) is 0. The van der Waals surface area contributed by atoms with Gasteiger partial charge in [0.05, 0.1) is 0 Å². The van der Waals surface area contributed by atoms with Crippen molar-refractivity contribution in [3.05, 3.63) is 60.2 Å². The third-order valence-corrected chi connectivity index (χ3v) is 6.41. The van der Waals surface area contributed by atoms with Gasteiger partial charge in [0.25, 0.3) is 5.91 Å². The summed E-state index contributed by atoms with van der Waals surface area (Å²) in [6.45, 7) is 0. The van der Waals surface area contributed by atoms with E-state index >= 15 is 0 Å². The Balaban J connectivity index is 1.56. The van der Waals surface area contributed by atoms with E-state index in [-0.39, 0.29) is 5.91 Å². The Morgan fingerprint density at radius 3 is 1.63 bits per heavy atom. The van der Waals surface area contributed by atoms with Gasteiger partial charge in [0.1, 0.15) is 0 Å². The smallest absolute Gasteiger partial charge is 0.254 e. The molecule has 0 spiro atoms. The van der Waals surface area contributed by atoms with E-state index in [1.807, 2.05) is 18.2 Å². The van der Waals surface area contributed by atoms with E-state index < -0.39 is 0 Å². The molecule has 2 heteroatoms. The van der Waals surface area contributed by atoms with E-state index in [2.05, 4.69) is 41.3 Å². The van der Waals surface area contributed by atoms with Crippen LogP contribution in [-0.2, 0) is 0 Å². The lowest BCUT2D eigenvalue weighted by Crippen LogP contribution is -2.48. The molecule has 2 saturated carbocycles. The minimum absolute atomic E-state index is 0.258. The molecule has 0 aromatic heterocycles. The zero-order valence-corrected chi connectivity index (χ0v) is 16.3. The number of nitrogens with zero attached hydrogens (tertiary/aromatic N) is 1. The zero-order chi connectivity index (χ0) is 18.5. The summed E-state index contributed by atoms with van der Waals surface area (Å²) in [6.07, 6.45) is 12.5. The summed E-state index contributed by atoms with van der Waals surface area (Å²) in [4.78, 5) is 15.8. The van der Waals surface area contributed by atoms with Gasteiger partial charge < -0.3 is 4.90 Å². The fraction of sp³-hybridized carbons (Fsp3) is 0.480. The van der Waals surface area contributed by atoms with Crippen LogP contribution in [0.5, 0.6) is 0 Å². The third-order valence-electron chi connectivity index (χ3n) is 6.41. The molecule has 0 saturated heterocycles. The molecular weight excluding hydrogens is 330 g/mol. The van der Waals surface area contributed by atoms with Crippen LogP contribution < -0.4 is 0 Å². The van der Waals surface area contributed by atoms with E-state index in [1.165, 1.54) is 75.3 Å². The Morgan fingerprint density at radius 2 is 1.11 bits per heavy atom. The molecule has 2 aromatic rings. The average molecular weight is 362 g/mol. The van der Waals surface area contributed by atoms with Crippen molar-refractivity contribution in [3.63, 3.8) is 0 Å². The zero-order valence-electron chi connectivity index (χ0n) is 16.3. The van der Waals surface area contributed by atoms with Gasteiger partial charge >= 0.3 is 0 Å². The standard InChI is InChI=1S/C25H31NO/c27-25(22-18-16-21(17-19-22)20-10-4-1-5-11-20)26(23-12-6-2-7-13-23)24-14-8-3-9-15-24/h1,4-5,10-11,16-19,23-24H,2-3,6-9,12-15H2. The summed E-state index contributed by atoms with van der Waals surface area (Å²) in [7, 11) is 0. The molecule has 4 rings (SSSR count). The first-order valence-electron chi connectivity index (χ1n) is 10.8. The van der Waals surface area contributed by atoms with Crippen LogP contribution in [0, 0.1) is 0 Å². The Hall–Kier alpha value is -2.09. The minimum atomic E-state index is 0.258. The third kappa shape index (κ3) is 4.26. The van der Waals surface area contributed by atoms with Crippen LogP contribution in [0.25, 0.3) is 11.1 Å². The van der Waals surface area contributed by atoms with Crippen molar-refractivity contribution in [2.24, 2.45) is 0 Å². The number of benzene rings is 2. The number of hydrogen-bond donors (Lipinski definition) is 0. The van der Waals surface area contributed by atoms with Gasteiger partial charge in [0.15, 0.2) is 0 Å². The Bertz CT molecular complexity index is 707. The molecule has 142 valence electrons. The quantitative estimate of drug-likeness (QED) is 0.612. The van der Waals surface area contributed by atoms with Crippen molar-refractivity contribution < 1.29 is 4.79 Å². The van der Waals surface area contributed by atoms with Crippen LogP contribution in [0.4, 0.5) is 0 Å². The van der Waals surface area contributed by atoms with Gasteiger partial charge in [0, 0.05) is 17.6 Å². The monoisotopic (exact) mass is 361 g/mol. The molecule has 1 amide bonds. The highest BCUT2D eigenvalue weighted by atomic mass is 16.2. The second-order valence-electron chi connectivity index (χ2n) is 8.24. The van der Waals surface area contributed by atoms with Crippen molar-refractivity contribution in [1.29, 1.82) is 0 Å². The summed E-state index contributed by atoms with van der Waals surface area (Å²) >= 11 is 0. The summed E-state index contributed by atoms with van der Waals surface area (Å²) in [6, 6.07) is 19.5. The van der Waals surface area contributed by atoms with Crippen molar-refractivity contribution in [1.82, 2.24) is 4.90 Å². The minimum Gasteiger partial charge on any atom is -0.333 e. The molecule has 27 heavy (non-hydrogen) atoms. The van der Waals surface area contributed by atoms with Gasteiger partial charge in [-0.2, -0.15) is 0 Å². The highest BCUT2D eigenvalue weighted by Crippen LogP contribution is 2.32. The SMILES string of the molecule is O=C(c1ccc(-c2ccccc2)cc1)N(C1CCCCC1)C1CCCCC1. The lowest BCUT2D eigenvalue weighted by molar-refractivity contribution is 0.0448. The van der Waals surface area contributed by atoms with Crippen LogP contribution in [0.1, 0.15) is 74.6 Å². The lowest BCUT2D eigenvalue weighted by atomic mass is 9.88. The van der Waals surface area contributed by atoms with Gasteiger partial charge in [-0.15, -0.1) is 0 Å². The van der Waals surface area contributed by atoms with Crippen LogP contribution in [0.3, 0.4) is 0 Å². The van der Waals surface area contributed by atoms with E-state index in [0.717, 1.165) is 5.56 Å². The van der Waals surface area contributed by atoms with Crippen LogP contribution in [0.2, 0.25) is 0 Å². The summed E-state index contributed by atoms with van der Waals surface area (Å²) in [5.74, 6) is 0.258. The predicted octanol–water partition coefficient (Wildman–Crippen LogP) is 6.46. The molecular formula is C25H31NO.